The molecule has 3 rings (SSSR count). The van der Waals surface area contributed by atoms with Crippen LogP contribution in [0.3, 0.4) is 0 Å². The molecule has 0 spiro atoms. The molecular weight excluding hydrogens is 328 g/mol. The molecule has 0 saturated carbocycles. The predicted octanol–water partition coefficient (Wildman–Crippen LogP) is 1.87. The lowest BCUT2D eigenvalue weighted by Crippen LogP contribution is -2.36. The standard InChI is InChI=1S/C17H19ClN4O2/c1-21-15(23)10-14(16(21)12-3-2-4-13(18)9-12)17(24)20-6-8-22-7-5-19-11-22/h2-5,7,9,11,14,16H,6,8,10H2,1H3,(H,20,24)/t14-,16+/m1/s1. The molecule has 1 aromatic heterocycles. The minimum atomic E-state index is -0.413. The van der Waals surface area contributed by atoms with Crippen LogP contribution in [0.5, 0.6) is 0 Å². The van der Waals surface area contributed by atoms with Crippen LogP contribution in [0, 0.1) is 5.92 Å². The molecule has 2 amide bonds. The summed E-state index contributed by atoms with van der Waals surface area (Å²) < 4.78 is 1.89. The fourth-order valence-corrected chi connectivity index (χ4v) is 3.31. The highest BCUT2D eigenvalue weighted by molar-refractivity contribution is 6.30. The quantitative estimate of drug-likeness (QED) is 0.898. The molecule has 1 aromatic carbocycles. The Labute approximate surface area is 145 Å². The smallest absolute Gasteiger partial charge is 0.226 e. The Morgan fingerprint density at radius 3 is 3.00 bits per heavy atom. The molecule has 1 saturated heterocycles. The maximum Gasteiger partial charge on any atom is 0.226 e. The van der Waals surface area contributed by atoms with Crippen molar-refractivity contribution in [2.24, 2.45) is 5.92 Å². The van der Waals surface area contributed by atoms with Crippen LogP contribution in [-0.4, -0.2) is 39.9 Å². The molecular formula is C17H19ClN4O2. The van der Waals surface area contributed by atoms with E-state index in [0.29, 0.717) is 18.1 Å². The maximum absolute atomic E-state index is 12.6. The summed E-state index contributed by atoms with van der Waals surface area (Å²) >= 11 is 6.06. The number of nitrogens with one attached hydrogen (secondary N) is 1. The molecule has 0 aliphatic carbocycles. The van der Waals surface area contributed by atoms with E-state index in [1.807, 2.05) is 29.0 Å². The average molecular weight is 347 g/mol. The van der Waals surface area contributed by atoms with Gasteiger partial charge in [0.1, 0.15) is 0 Å². The van der Waals surface area contributed by atoms with Gasteiger partial charge in [-0.1, -0.05) is 23.7 Å². The van der Waals surface area contributed by atoms with Gasteiger partial charge in [-0.15, -0.1) is 0 Å². The summed E-state index contributed by atoms with van der Waals surface area (Å²) in [5, 5.41) is 3.52. The number of aromatic nitrogens is 2. The normalized spacial score (nSPS) is 20.4. The van der Waals surface area contributed by atoms with Crippen molar-refractivity contribution in [2.75, 3.05) is 13.6 Å². The Morgan fingerprint density at radius 1 is 1.46 bits per heavy atom. The molecule has 1 aliphatic rings. The molecule has 2 heterocycles. The van der Waals surface area contributed by atoms with E-state index in [2.05, 4.69) is 10.3 Å². The summed E-state index contributed by atoms with van der Waals surface area (Å²) in [6, 6.07) is 7.04. The van der Waals surface area contributed by atoms with Crippen molar-refractivity contribution in [1.29, 1.82) is 0 Å². The average Bonchev–Trinajstić information content (AvgIpc) is 3.16. The topological polar surface area (TPSA) is 67.2 Å². The van der Waals surface area contributed by atoms with Gasteiger partial charge in [-0.25, -0.2) is 4.98 Å². The number of hydrogen-bond acceptors (Lipinski definition) is 3. The van der Waals surface area contributed by atoms with Crippen LogP contribution in [0.4, 0.5) is 0 Å². The second kappa shape index (κ2) is 7.05. The van der Waals surface area contributed by atoms with E-state index in [1.165, 1.54) is 0 Å². The van der Waals surface area contributed by atoms with Crippen molar-refractivity contribution in [3.63, 3.8) is 0 Å². The highest BCUT2D eigenvalue weighted by Gasteiger charge is 2.42. The predicted molar refractivity (Wildman–Crippen MR) is 90.3 cm³/mol. The van der Waals surface area contributed by atoms with Crippen LogP contribution in [-0.2, 0) is 16.1 Å². The Morgan fingerprint density at radius 2 is 2.29 bits per heavy atom. The molecule has 6 nitrogen and oxygen atoms in total. The van der Waals surface area contributed by atoms with Crippen molar-refractivity contribution >= 4 is 23.4 Å². The number of carbonyl (C=O) groups excluding carboxylic acids is 2. The lowest BCUT2D eigenvalue weighted by atomic mass is 9.93. The van der Waals surface area contributed by atoms with Gasteiger partial charge in [-0.2, -0.15) is 0 Å². The van der Waals surface area contributed by atoms with Crippen LogP contribution >= 0.6 is 11.6 Å². The molecule has 126 valence electrons. The van der Waals surface area contributed by atoms with Crippen molar-refractivity contribution in [2.45, 2.75) is 19.0 Å². The summed E-state index contributed by atoms with van der Waals surface area (Å²) in [6.07, 6.45) is 5.45. The van der Waals surface area contributed by atoms with E-state index in [1.54, 1.807) is 30.5 Å². The molecule has 1 fully saturated rings. The fourth-order valence-electron chi connectivity index (χ4n) is 3.11. The first-order chi connectivity index (χ1) is 11.6. The summed E-state index contributed by atoms with van der Waals surface area (Å²) in [6.45, 7) is 1.13. The van der Waals surface area contributed by atoms with E-state index in [9.17, 15) is 9.59 Å². The first-order valence-corrected chi connectivity index (χ1v) is 8.18. The van der Waals surface area contributed by atoms with Crippen LogP contribution < -0.4 is 5.32 Å². The number of amides is 2. The van der Waals surface area contributed by atoms with Gasteiger partial charge < -0.3 is 14.8 Å². The number of carbonyl (C=O) groups is 2. The molecule has 0 bridgehead atoms. The van der Waals surface area contributed by atoms with Gasteiger partial charge in [0, 0.05) is 44.0 Å². The van der Waals surface area contributed by atoms with Gasteiger partial charge in [0.05, 0.1) is 18.3 Å². The first-order valence-electron chi connectivity index (χ1n) is 7.81. The fraction of sp³-hybridized carbons (Fsp3) is 0.353. The van der Waals surface area contributed by atoms with Crippen LogP contribution in [0.1, 0.15) is 18.0 Å². The zero-order valence-electron chi connectivity index (χ0n) is 13.4. The second-order valence-corrected chi connectivity index (χ2v) is 6.34. The molecule has 0 unspecified atom stereocenters. The van der Waals surface area contributed by atoms with Crippen molar-refractivity contribution in [3.8, 4) is 0 Å². The second-order valence-electron chi connectivity index (χ2n) is 5.91. The Kier molecular flexibility index (Phi) is 4.85. The molecule has 24 heavy (non-hydrogen) atoms. The Hall–Kier alpha value is -2.34. The van der Waals surface area contributed by atoms with Crippen LogP contribution in [0.2, 0.25) is 5.02 Å². The molecule has 0 radical (unpaired) electrons. The summed E-state index contributed by atoms with van der Waals surface area (Å²) in [7, 11) is 1.73. The van der Waals surface area contributed by atoms with Crippen molar-refractivity contribution in [1.82, 2.24) is 19.8 Å². The van der Waals surface area contributed by atoms with E-state index in [-0.39, 0.29) is 24.3 Å². The van der Waals surface area contributed by atoms with Gasteiger partial charge in [-0.3, -0.25) is 9.59 Å². The van der Waals surface area contributed by atoms with Gasteiger partial charge in [0.2, 0.25) is 11.8 Å². The third-order valence-electron chi connectivity index (χ3n) is 4.34. The Balaban J connectivity index is 1.70. The zero-order valence-corrected chi connectivity index (χ0v) is 14.1. The largest absolute Gasteiger partial charge is 0.354 e. The Bertz CT molecular complexity index is 732. The third kappa shape index (κ3) is 3.43. The van der Waals surface area contributed by atoms with E-state index < -0.39 is 5.92 Å². The summed E-state index contributed by atoms with van der Waals surface area (Å²) in [5.41, 5.74) is 0.880. The zero-order chi connectivity index (χ0) is 17.1. The van der Waals surface area contributed by atoms with E-state index >= 15 is 0 Å². The molecule has 2 aromatic rings. The van der Waals surface area contributed by atoms with Gasteiger partial charge in [-0.05, 0) is 17.7 Å². The van der Waals surface area contributed by atoms with Crippen molar-refractivity contribution in [3.05, 3.63) is 53.6 Å². The van der Waals surface area contributed by atoms with Crippen LogP contribution in [0.25, 0.3) is 0 Å². The highest BCUT2D eigenvalue weighted by atomic mass is 35.5. The molecule has 7 heteroatoms. The SMILES string of the molecule is CN1C(=O)C[C@@H](C(=O)NCCn2ccnc2)[C@@H]1c1cccc(Cl)c1. The number of halogens is 1. The number of benzene rings is 1. The number of hydrogen-bond donors (Lipinski definition) is 1. The number of nitrogens with zero attached hydrogens (tertiary/aromatic N) is 3. The maximum atomic E-state index is 12.6. The number of likely N-dealkylation sites (tertiary alicyclic amines) is 1. The third-order valence-corrected chi connectivity index (χ3v) is 4.58. The number of imidazole rings is 1. The minimum absolute atomic E-state index is 0.0327. The lowest BCUT2D eigenvalue weighted by molar-refractivity contribution is -0.128. The van der Waals surface area contributed by atoms with E-state index in [4.69, 9.17) is 11.6 Å². The van der Waals surface area contributed by atoms with Crippen LogP contribution in [0.15, 0.2) is 43.0 Å². The molecule has 1 aliphatic heterocycles. The summed E-state index contributed by atoms with van der Waals surface area (Å²) in [4.78, 5) is 30.3. The summed E-state index contributed by atoms with van der Waals surface area (Å²) in [5.74, 6) is -0.559. The van der Waals surface area contributed by atoms with Crippen molar-refractivity contribution < 1.29 is 9.59 Å². The molecule has 2 atom stereocenters. The number of rotatable bonds is 5. The monoisotopic (exact) mass is 346 g/mol. The first kappa shape index (κ1) is 16.5. The van der Waals surface area contributed by atoms with Gasteiger partial charge >= 0.3 is 0 Å². The van der Waals surface area contributed by atoms with Gasteiger partial charge in [0.25, 0.3) is 0 Å². The lowest BCUT2D eigenvalue weighted by Gasteiger charge is -2.25. The van der Waals surface area contributed by atoms with E-state index in [0.717, 1.165) is 5.56 Å². The minimum Gasteiger partial charge on any atom is -0.354 e. The van der Waals surface area contributed by atoms with Gasteiger partial charge in [0.15, 0.2) is 0 Å². The molecule has 1 N–H and O–H groups in total. The highest BCUT2D eigenvalue weighted by Crippen LogP contribution is 2.37.